The fraction of sp³-hybridized carbons (Fsp3) is 0.480. The molecule has 0 fully saturated rings. The number of methoxy groups -OCH3 is 2. The molecule has 0 saturated carbocycles. The number of para-hydroxylation sites is 1. The lowest BCUT2D eigenvalue weighted by Gasteiger charge is -2.38. The summed E-state index contributed by atoms with van der Waals surface area (Å²) >= 11 is 0. The Balaban J connectivity index is 2.21. The number of nitrogens with one attached hydrogen (secondary N) is 1. The molecular weight excluding hydrogens is 410 g/mol. The fourth-order valence-electron chi connectivity index (χ4n) is 4.50. The normalized spacial score (nSPS) is 23.8. The molecule has 0 radical (unpaired) electrons. The lowest BCUT2D eigenvalue weighted by Crippen LogP contribution is -2.43. The molecule has 1 aromatic rings. The molecule has 172 valence electrons. The van der Waals surface area contributed by atoms with Crippen LogP contribution in [0.25, 0.3) is 0 Å². The van der Waals surface area contributed by atoms with Crippen LogP contribution in [0, 0.1) is 11.8 Å². The highest BCUT2D eigenvalue weighted by atomic mass is 16.5. The van der Waals surface area contributed by atoms with Gasteiger partial charge in [-0.1, -0.05) is 32.0 Å². The highest BCUT2D eigenvalue weighted by Crippen LogP contribution is 2.47. The van der Waals surface area contributed by atoms with E-state index in [1.807, 2.05) is 39.0 Å². The summed E-state index contributed by atoms with van der Waals surface area (Å²) in [5.74, 6) is -2.73. The van der Waals surface area contributed by atoms with Gasteiger partial charge >= 0.3 is 11.9 Å². The molecule has 0 bridgehead atoms. The van der Waals surface area contributed by atoms with Crippen LogP contribution in [0.15, 0.2) is 46.8 Å². The fourth-order valence-corrected chi connectivity index (χ4v) is 4.50. The van der Waals surface area contributed by atoms with E-state index in [1.54, 1.807) is 20.1 Å². The van der Waals surface area contributed by atoms with Gasteiger partial charge in [0.1, 0.15) is 11.7 Å². The third-order valence-electron chi connectivity index (χ3n) is 6.30. The molecule has 1 heterocycles. The van der Waals surface area contributed by atoms with Crippen LogP contribution in [-0.4, -0.2) is 38.0 Å². The average molecular weight is 442 g/mol. The zero-order valence-corrected chi connectivity index (χ0v) is 19.5. The molecule has 0 spiro atoms. The van der Waals surface area contributed by atoms with Crippen LogP contribution in [0.5, 0.6) is 5.75 Å². The van der Waals surface area contributed by atoms with E-state index in [-0.39, 0.29) is 17.8 Å². The molecule has 2 aliphatic rings. The van der Waals surface area contributed by atoms with Crippen molar-refractivity contribution in [1.82, 2.24) is 5.32 Å². The highest BCUT2D eigenvalue weighted by Gasteiger charge is 2.47. The summed E-state index contributed by atoms with van der Waals surface area (Å²) in [5, 5.41) is 3.26. The van der Waals surface area contributed by atoms with Gasteiger partial charge < -0.3 is 19.5 Å². The predicted octanol–water partition coefficient (Wildman–Crippen LogP) is 3.65. The van der Waals surface area contributed by atoms with Gasteiger partial charge in [-0.3, -0.25) is 9.59 Å². The Kier molecular flexibility index (Phi) is 7.06. The standard InChI is InChI=1S/C25H31NO6/c1-7-14(3)32-25(29)20-15(4)26-17-12-13(2)19(24(28)31-6)23(27)22(17)21(20)16-10-8-9-11-18(16)30-5/h8-11,13-14,19,21,26H,7,12H2,1-6H3/t13-,14+,19-,21+/m1/s1. The second kappa shape index (κ2) is 9.59. The van der Waals surface area contributed by atoms with Crippen molar-refractivity contribution in [3.05, 3.63) is 52.4 Å². The lowest BCUT2D eigenvalue weighted by atomic mass is 9.69. The Morgan fingerprint density at radius 3 is 2.53 bits per heavy atom. The number of ketones is 1. The highest BCUT2D eigenvalue weighted by molar-refractivity contribution is 6.12. The molecule has 1 aromatic carbocycles. The Morgan fingerprint density at radius 1 is 1.22 bits per heavy atom. The SMILES string of the molecule is CC[C@H](C)OC(=O)C1=C(C)NC2=C(C(=O)[C@H](C(=O)OC)[C@H](C)C2)[C@H]1c1ccccc1OC. The van der Waals surface area contributed by atoms with E-state index < -0.39 is 23.8 Å². The molecule has 0 unspecified atom stereocenters. The molecule has 7 nitrogen and oxygen atoms in total. The minimum Gasteiger partial charge on any atom is -0.496 e. The van der Waals surface area contributed by atoms with Gasteiger partial charge in [0.2, 0.25) is 0 Å². The molecule has 0 saturated heterocycles. The monoisotopic (exact) mass is 441 g/mol. The zero-order valence-electron chi connectivity index (χ0n) is 19.5. The van der Waals surface area contributed by atoms with E-state index in [0.717, 1.165) is 5.70 Å². The maximum atomic E-state index is 13.7. The van der Waals surface area contributed by atoms with E-state index >= 15 is 0 Å². The van der Waals surface area contributed by atoms with Crippen LogP contribution >= 0.6 is 0 Å². The Hall–Kier alpha value is -3.09. The van der Waals surface area contributed by atoms with Crippen molar-refractivity contribution in [3.63, 3.8) is 0 Å². The third kappa shape index (κ3) is 4.16. The summed E-state index contributed by atoms with van der Waals surface area (Å²) in [5.41, 5.74) is 2.76. The topological polar surface area (TPSA) is 90.9 Å². The third-order valence-corrected chi connectivity index (χ3v) is 6.30. The van der Waals surface area contributed by atoms with Crippen molar-refractivity contribution in [2.75, 3.05) is 14.2 Å². The first kappa shape index (κ1) is 23.6. The summed E-state index contributed by atoms with van der Waals surface area (Å²) < 4.78 is 16.2. The molecule has 0 amide bonds. The molecule has 32 heavy (non-hydrogen) atoms. The number of hydrogen-bond donors (Lipinski definition) is 1. The number of allylic oxidation sites excluding steroid dienone is 3. The van der Waals surface area contributed by atoms with Crippen LogP contribution in [0.2, 0.25) is 0 Å². The first-order chi connectivity index (χ1) is 15.2. The number of carbonyl (C=O) groups excluding carboxylic acids is 3. The van der Waals surface area contributed by atoms with Gasteiger partial charge in [0, 0.05) is 22.5 Å². The van der Waals surface area contributed by atoms with Gasteiger partial charge in [-0.05, 0) is 38.7 Å². The van der Waals surface area contributed by atoms with Gasteiger partial charge in [-0.25, -0.2) is 4.79 Å². The van der Waals surface area contributed by atoms with Crippen molar-refractivity contribution >= 4 is 17.7 Å². The smallest absolute Gasteiger partial charge is 0.337 e. The van der Waals surface area contributed by atoms with Gasteiger partial charge in [0.05, 0.1) is 31.8 Å². The second-order valence-corrected chi connectivity index (χ2v) is 8.40. The van der Waals surface area contributed by atoms with Crippen LogP contribution in [0.1, 0.15) is 52.0 Å². The molecular formula is C25H31NO6. The summed E-state index contributed by atoms with van der Waals surface area (Å²) in [4.78, 5) is 39.5. The zero-order chi connectivity index (χ0) is 23.6. The number of esters is 2. The van der Waals surface area contributed by atoms with Crippen molar-refractivity contribution < 1.29 is 28.6 Å². The number of dihydropyridines is 1. The number of Topliss-reactive ketones (excluding diaryl/α,β-unsaturated/α-hetero) is 1. The predicted molar refractivity (Wildman–Crippen MR) is 119 cm³/mol. The van der Waals surface area contributed by atoms with Crippen LogP contribution in [0.4, 0.5) is 0 Å². The van der Waals surface area contributed by atoms with E-state index in [4.69, 9.17) is 14.2 Å². The minimum atomic E-state index is -0.928. The van der Waals surface area contributed by atoms with Gasteiger partial charge in [0.15, 0.2) is 5.78 Å². The Morgan fingerprint density at radius 2 is 1.91 bits per heavy atom. The summed E-state index contributed by atoms with van der Waals surface area (Å²) in [6.45, 7) is 7.42. The lowest BCUT2D eigenvalue weighted by molar-refractivity contribution is -0.151. The maximum Gasteiger partial charge on any atom is 0.337 e. The number of carbonyl (C=O) groups is 3. The molecule has 1 N–H and O–H groups in total. The molecule has 1 aliphatic heterocycles. The van der Waals surface area contributed by atoms with E-state index in [9.17, 15) is 14.4 Å². The number of rotatable bonds is 6. The number of hydrogen-bond acceptors (Lipinski definition) is 7. The van der Waals surface area contributed by atoms with Crippen LogP contribution in [0.3, 0.4) is 0 Å². The van der Waals surface area contributed by atoms with E-state index in [2.05, 4.69) is 5.32 Å². The summed E-state index contributed by atoms with van der Waals surface area (Å²) in [6.07, 6.45) is 0.873. The molecule has 1 aliphatic carbocycles. The largest absolute Gasteiger partial charge is 0.496 e. The first-order valence-electron chi connectivity index (χ1n) is 10.9. The van der Waals surface area contributed by atoms with Crippen LogP contribution in [-0.2, 0) is 23.9 Å². The van der Waals surface area contributed by atoms with Crippen molar-refractivity contribution in [2.45, 2.75) is 52.6 Å². The summed E-state index contributed by atoms with van der Waals surface area (Å²) in [6, 6.07) is 7.29. The van der Waals surface area contributed by atoms with Gasteiger partial charge in [0.25, 0.3) is 0 Å². The first-order valence-corrected chi connectivity index (χ1v) is 10.9. The minimum absolute atomic E-state index is 0.235. The molecule has 7 heteroatoms. The number of benzene rings is 1. The summed E-state index contributed by atoms with van der Waals surface area (Å²) in [7, 11) is 2.83. The maximum absolute atomic E-state index is 13.7. The van der Waals surface area contributed by atoms with Gasteiger partial charge in [-0.2, -0.15) is 0 Å². The molecule has 4 atom stereocenters. The number of ether oxygens (including phenoxy) is 3. The van der Waals surface area contributed by atoms with E-state index in [0.29, 0.717) is 41.0 Å². The molecule has 0 aromatic heterocycles. The Bertz CT molecular complexity index is 992. The van der Waals surface area contributed by atoms with Gasteiger partial charge in [-0.15, -0.1) is 0 Å². The average Bonchev–Trinajstić information content (AvgIpc) is 2.77. The quantitative estimate of drug-likeness (QED) is 0.532. The van der Waals surface area contributed by atoms with Crippen LogP contribution < -0.4 is 10.1 Å². The second-order valence-electron chi connectivity index (χ2n) is 8.40. The molecule has 3 rings (SSSR count). The van der Waals surface area contributed by atoms with Crippen molar-refractivity contribution in [1.29, 1.82) is 0 Å². The van der Waals surface area contributed by atoms with E-state index in [1.165, 1.54) is 7.11 Å². The van der Waals surface area contributed by atoms with Crippen molar-refractivity contribution in [2.24, 2.45) is 11.8 Å². The van der Waals surface area contributed by atoms with Crippen molar-refractivity contribution in [3.8, 4) is 5.75 Å². The Labute approximate surface area is 188 Å².